The Labute approximate surface area is 395 Å². The van der Waals surface area contributed by atoms with Crippen molar-refractivity contribution in [2.45, 2.75) is 230 Å². The maximum absolute atomic E-state index is 13.1. The van der Waals surface area contributed by atoms with E-state index in [4.69, 9.17) is 18.5 Å². The lowest BCUT2D eigenvalue weighted by molar-refractivity contribution is -0.213. The zero-order valence-corrected chi connectivity index (χ0v) is 42.5. The van der Waals surface area contributed by atoms with Gasteiger partial charge in [-0.05, 0) is 25.7 Å². The van der Waals surface area contributed by atoms with Crippen LogP contribution in [0, 0.1) is 0 Å². The van der Waals surface area contributed by atoms with Crippen molar-refractivity contribution in [3.63, 3.8) is 0 Å². The lowest BCUT2D eigenvalue weighted by Crippen LogP contribution is -2.65. The minimum atomic E-state index is -5.61. The molecule has 1 aliphatic rings. The van der Waals surface area contributed by atoms with Gasteiger partial charge in [-0.25, -0.2) is 13.7 Å². The monoisotopic (exact) mass is 1030 g/mol. The van der Waals surface area contributed by atoms with Crippen molar-refractivity contribution < 1.29 is 95.4 Å². The van der Waals surface area contributed by atoms with Gasteiger partial charge < -0.3 is 49.3 Å². The molecule has 24 heteroatoms. The fourth-order valence-corrected chi connectivity index (χ4v) is 10.4. The first-order valence-corrected chi connectivity index (χ1v) is 29.4. The van der Waals surface area contributed by atoms with Crippen molar-refractivity contribution in [3.05, 3.63) is 0 Å². The summed E-state index contributed by atoms with van der Waals surface area (Å²) in [6.07, 6.45) is 8.59. The average Bonchev–Trinajstić information content (AvgIpc) is 3.23. The van der Waals surface area contributed by atoms with Gasteiger partial charge >= 0.3 is 35.4 Å². The van der Waals surface area contributed by atoms with E-state index < -0.39 is 91.2 Å². The number of unbranched alkanes of at least 4 members (excludes halogenated alkanes) is 21. The van der Waals surface area contributed by atoms with Crippen LogP contribution in [0.1, 0.15) is 187 Å². The molecule has 0 radical (unpaired) electrons. The second kappa shape index (κ2) is 36.1. The normalized spacial score (nSPS) is 21.6. The van der Waals surface area contributed by atoms with Gasteiger partial charge in [0.05, 0.1) is 19.6 Å². The van der Waals surface area contributed by atoms with E-state index in [0.717, 1.165) is 102 Å². The molecular weight excluding hydrogens is 949 g/mol. The molecular formula is C42H81O20P3S. The number of rotatable bonds is 41. The predicted octanol–water partition coefficient (Wildman–Crippen LogP) is 7.83. The summed E-state index contributed by atoms with van der Waals surface area (Å²) >= 11 is 1.43. The molecule has 0 aromatic carbocycles. The number of aliphatic hydroxyl groups excluding tert-OH is 3. The van der Waals surface area contributed by atoms with Gasteiger partial charge in [-0.15, -0.1) is 0 Å². The molecule has 0 heterocycles. The molecule has 4 unspecified atom stereocenters. The number of hydrogen-bond acceptors (Lipinski definition) is 16. The molecule has 1 fully saturated rings. The van der Waals surface area contributed by atoms with Crippen LogP contribution < -0.4 is 0 Å². The Hall–Kier alpha value is -0.830. The van der Waals surface area contributed by atoms with Crippen LogP contribution in [0.4, 0.5) is 0 Å². The smallest absolute Gasteiger partial charge is 0.466 e. The summed E-state index contributed by atoms with van der Waals surface area (Å²) in [7, 11) is -16.6. The first-order valence-electron chi connectivity index (χ1n) is 23.9. The van der Waals surface area contributed by atoms with E-state index in [1.54, 1.807) is 0 Å². The van der Waals surface area contributed by atoms with Gasteiger partial charge in [-0.1, -0.05) is 154 Å². The second-order valence-corrected chi connectivity index (χ2v) is 21.9. The SMILES string of the molecule is CCCCCCCCCCCCCCCC(=O)O[C@@H](COP(=O)(O)OC1C(O)[C@H](OP(=O)(O)O)C(OP(=O)(O)O)[C@H](O)[C@@H]1O)CC(=O)OCCCCCCCCCCCCSC(=O)CCC. The lowest BCUT2D eigenvalue weighted by Gasteiger charge is -2.44. The van der Waals surface area contributed by atoms with Gasteiger partial charge in [-0.3, -0.25) is 32.5 Å². The standard InChI is InChI=1S/C42H81O20P3S/c1-3-5-6-7-8-9-10-11-12-15-18-21-24-28-34(43)59-33(31-35(44)57-29-25-22-19-16-13-14-17-20-23-26-30-66-36(45)27-4-2)32-58-65(55,56)62-40-37(46)38(47)41(60-63(49,50)51)42(39(40)48)61-64(52,53)54/h33,37-42,46-48H,3-32H2,1-2H3,(H,55,56)(H2,49,50,51)(H2,52,53,54)/t33-,37+,38-,39?,40?,41?,42+/m1/s1. The van der Waals surface area contributed by atoms with Gasteiger partial charge in [0.25, 0.3) is 0 Å². The lowest BCUT2D eigenvalue weighted by atomic mass is 9.85. The molecule has 0 bridgehead atoms. The molecule has 1 saturated carbocycles. The van der Waals surface area contributed by atoms with Crippen molar-refractivity contribution in [2.75, 3.05) is 19.0 Å². The van der Waals surface area contributed by atoms with E-state index in [0.29, 0.717) is 19.3 Å². The topological polar surface area (TPSA) is 320 Å². The number of aliphatic hydroxyl groups is 3. The quantitative estimate of drug-likeness (QED) is 0.0164. The van der Waals surface area contributed by atoms with Crippen LogP contribution in [0.3, 0.4) is 0 Å². The Morgan fingerprint density at radius 2 is 0.955 bits per heavy atom. The highest BCUT2D eigenvalue weighted by Gasteiger charge is 2.56. The van der Waals surface area contributed by atoms with E-state index in [9.17, 15) is 67.9 Å². The minimum absolute atomic E-state index is 0.0196. The first kappa shape index (κ1) is 63.2. The van der Waals surface area contributed by atoms with Crippen molar-refractivity contribution >= 4 is 52.3 Å². The summed E-state index contributed by atoms with van der Waals surface area (Å²) in [5.74, 6) is -0.641. The van der Waals surface area contributed by atoms with E-state index in [1.165, 1.54) is 56.7 Å². The molecule has 8 atom stereocenters. The van der Waals surface area contributed by atoms with Gasteiger partial charge in [-0.2, -0.15) is 0 Å². The molecule has 0 aliphatic heterocycles. The molecule has 0 amide bonds. The van der Waals surface area contributed by atoms with E-state index in [-0.39, 0.29) is 18.1 Å². The number of carbonyl (C=O) groups is 3. The summed E-state index contributed by atoms with van der Waals surface area (Å²) in [6.45, 7) is 3.33. The number of carbonyl (C=O) groups excluding carboxylic acids is 3. The average molecular weight is 1030 g/mol. The third kappa shape index (κ3) is 32.1. The number of esters is 2. The first-order chi connectivity index (χ1) is 31.2. The van der Waals surface area contributed by atoms with E-state index in [1.807, 2.05) is 6.92 Å². The van der Waals surface area contributed by atoms with Gasteiger partial charge in [0.15, 0.2) is 5.12 Å². The molecule has 20 nitrogen and oxygen atoms in total. The Morgan fingerprint density at radius 3 is 1.44 bits per heavy atom. The number of ether oxygens (including phenoxy) is 2. The zero-order valence-electron chi connectivity index (χ0n) is 39.0. The van der Waals surface area contributed by atoms with Crippen LogP contribution in [0.2, 0.25) is 0 Å². The van der Waals surface area contributed by atoms with Crippen LogP contribution >= 0.6 is 35.2 Å². The maximum Gasteiger partial charge on any atom is 0.472 e. The molecule has 66 heavy (non-hydrogen) atoms. The summed E-state index contributed by atoms with van der Waals surface area (Å²) in [5.41, 5.74) is 0. The molecule has 0 saturated heterocycles. The fourth-order valence-electron chi connectivity index (χ4n) is 7.39. The highest BCUT2D eigenvalue weighted by atomic mass is 32.2. The largest absolute Gasteiger partial charge is 0.472 e. The van der Waals surface area contributed by atoms with Crippen LogP contribution in [0.15, 0.2) is 0 Å². The summed E-state index contributed by atoms with van der Waals surface area (Å²) in [5, 5.41) is 32.1. The summed E-state index contributed by atoms with van der Waals surface area (Å²) < 4.78 is 65.4. The van der Waals surface area contributed by atoms with Crippen LogP contribution in [0.5, 0.6) is 0 Å². The van der Waals surface area contributed by atoms with E-state index >= 15 is 0 Å². The Bertz CT molecular complexity index is 1470. The minimum Gasteiger partial charge on any atom is -0.466 e. The maximum atomic E-state index is 13.1. The van der Waals surface area contributed by atoms with Gasteiger partial charge in [0.1, 0.15) is 42.7 Å². The fraction of sp³-hybridized carbons (Fsp3) is 0.929. The molecule has 390 valence electrons. The number of phosphoric acid groups is 3. The number of hydrogen-bond donors (Lipinski definition) is 8. The number of thioether (sulfide) groups is 1. The van der Waals surface area contributed by atoms with Gasteiger partial charge in [0.2, 0.25) is 0 Å². The summed E-state index contributed by atoms with van der Waals surface area (Å²) in [6, 6.07) is 0. The third-order valence-corrected chi connectivity index (χ3v) is 14.0. The predicted molar refractivity (Wildman–Crippen MR) is 247 cm³/mol. The molecule has 8 N–H and O–H groups in total. The molecule has 0 aromatic heterocycles. The molecule has 1 aliphatic carbocycles. The Balaban J connectivity index is 2.71. The highest BCUT2D eigenvalue weighted by Crippen LogP contribution is 2.51. The molecule has 1 rings (SSSR count). The van der Waals surface area contributed by atoms with Crippen LogP contribution in [-0.4, -0.2) is 119 Å². The van der Waals surface area contributed by atoms with Crippen LogP contribution in [-0.2, 0) is 55.6 Å². The second-order valence-electron chi connectivity index (χ2n) is 17.0. The van der Waals surface area contributed by atoms with Gasteiger partial charge in [0, 0.05) is 18.6 Å². The Morgan fingerprint density at radius 1 is 0.515 bits per heavy atom. The Kier molecular flexibility index (Phi) is 34.6. The van der Waals surface area contributed by atoms with Crippen molar-refractivity contribution in [1.82, 2.24) is 0 Å². The molecule has 0 spiro atoms. The van der Waals surface area contributed by atoms with Crippen molar-refractivity contribution in [3.8, 4) is 0 Å². The number of phosphoric ester groups is 3. The van der Waals surface area contributed by atoms with Crippen molar-refractivity contribution in [2.24, 2.45) is 0 Å². The van der Waals surface area contributed by atoms with E-state index in [2.05, 4.69) is 16.0 Å². The molecule has 0 aromatic rings. The highest BCUT2D eigenvalue weighted by molar-refractivity contribution is 8.13. The summed E-state index contributed by atoms with van der Waals surface area (Å²) in [4.78, 5) is 85.0. The van der Waals surface area contributed by atoms with Crippen LogP contribution in [0.25, 0.3) is 0 Å². The van der Waals surface area contributed by atoms with Crippen molar-refractivity contribution in [1.29, 1.82) is 0 Å². The third-order valence-electron chi connectivity index (χ3n) is 10.9. The zero-order chi connectivity index (χ0) is 49.4.